The highest BCUT2D eigenvalue weighted by Crippen LogP contribution is 2.22. The van der Waals surface area contributed by atoms with Crippen LogP contribution in [0.15, 0.2) is 24.3 Å². The van der Waals surface area contributed by atoms with Crippen molar-refractivity contribution in [3.63, 3.8) is 0 Å². The molecular formula is C16H23N3O2. The SMILES string of the molecule is CCCC1CC(=O)N(CCC(=O)Nc2cccc(N)c2)C1. The molecule has 1 unspecified atom stereocenters. The first-order chi connectivity index (χ1) is 10.1. The van der Waals surface area contributed by atoms with Crippen molar-refractivity contribution >= 4 is 23.2 Å². The maximum atomic E-state index is 11.9. The third-order valence-electron chi connectivity index (χ3n) is 3.77. The second-order valence-electron chi connectivity index (χ2n) is 5.62. The average Bonchev–Trinajstić information content (AvgIpc) is 2.77. The summed E-state index contributed by atoms with van der Waals surface area (Å²) in [6.07, 6.45) is 3.13. The van der Waals surface area contributed by atoms with Crippen molar-refractivity contribution in [2.24, 2.45) is 5.92 Å². The van der Waals surface area contributed by atoms with Crippen LogP contribution in [0.25, 0.3) is 0 Å². The van der Waals surface area contributed by atoms with Crippen LogP contribution in [0.4, 0.5) is 11.4 Å². The summed E-state index contributed by atoms with van der Waals surface area (Å²) in [5.41, 5.74) is 6.97. The van der Waals surface area contributed by atoms with Gasteiger partial charge in [-0.15, -0.1) is 0 Å². The van der Waals surface area contributed by atoms with Crippen LogP contribution >= 0.6 is 0 Å². The van der Waals surface area contributed by atoms with Gasteiger partial charge in [0.25, 0.3) is 0 Å². The van der Waals surface area contributed by atoms with Crippen LogP contribution < -0.4 is 11.1 Å². The topological polar surface area (TPSA) is 75.4 Å². The maximum absolute atomic E-state index is 11.9. The highest BCUT2D eigenvalue weighted by atomic mass is 16.2. The van der Waals surface area contributed by atoms with E-state index in [1.54, 1.807) is 29.2 Å². The molecule has 21 heavy (non-hydrogen) atoms. The lowest BCUT2D eigenvalue weighted by atomic mass is 10.0. The lowest BCUT2D eigenvalue weighted by Gasteiger charge is -2.16. The van der Waals surface area contributed by atoms with E-state index in [9.17, 15) is 9.59 Å². The summed E-state index contributed by atoms with van der Waals surface area (Å²) in [6, 6.07) is 7.08. The largest absolute Gasteiger partial charge is 0.399 e. The predicted molar refractivity (Wildman–Crippen MR) is 83.7 cm³/mol. The van der Waals surface area contributed by atoms with Crippen molar-refractivity contribution in [1.82, 2.24) is 4.90 Å². The van der Waals surface area contributed by atoms with Gasteiger partial charge in [-0.05, 0) is 30.5 Å². The number of amides is 2. The number of nitrogens with two attached hydrogens (primary N) is 1. The third-order valence-corrected chi connectivity index (χ3v) is 3.77. The second kappa shape index (κ2) is 7.11. The first-order valence-electron chi connectivity index (χ1n) is 7.51. The zero-order valence-corrected chi connectivity index (χ0v) is 12.5. The van der Waals surface area contributed by atoms with E-state index < -0.39 is 0 Å². The molecular weight excluding hydrogens is 266 g/mol. The first-order valence-corrected chi connectivity index (χ1v) is 7.51. The molecule has 1 atom stereocenters. The smallest absolute Gasteiger partial charge is 0.226 e. The van der Waals surface area contributed by atoms with E-state index in [1.165, 1.54) is 0 Å². The molecule has 2 amide bonds. The van der Waals surface area contributed by atoms with E-state index >= 15 is 0 Å². The zero-order valence-electron chi connectivity index (χ0n) is 12.5. The van der Waals surface area contributed by atoms with Crippen molar-refractivity contribution in [2.75, 3.05) is 24.1 Å². The van der Waals surface area contributed by atoms with Gasteiger partial charge in [0.2, 0.25) is 11.8 Å². The van der Waals surface area contributed by atoms with Crippen LogP contribution in [0.1, 0.15) is 32.6 Å². The summed E-state index contributed by atoms with van der Waals surface area (Å²) >= 11 is 0. The Morgan fingerprint density at radius 1 is 1.48 bits per heavy atom. The highest BCUT2D eigenvalue weighted by molar-refractivity contribution is 5.91. The molecule has 114 valence electrons. The van der Waals surface area contributed by atoms with Gasteiger partial charge in [0, 0.05) is 37.3 Å². The average molecular weight is 289 g/mol. The van der Waals surface area contributed by atoms with Crippen molar-refractivity contribution in [2.45, 2.75) is 32.6 Å². The molecule has 5 heteroatoms. The van der Waals surface area contributed by atoms with E-state index in [0.29, 0.717) is 36.7 Å². The fourth-order valence-corrected chi connectivity index (χ4v) is 2.75. The van der Waals surface area contributed by atoms with Gasteiger partial charge in [0.05, 0.1) is 0 Å². The highest BCUT2D eigenvalue weighted by Gasteiger charge is 2.28. The second-order valence-corrected chi connectivity index (χ2v) is 5.62. The Hall–Kier alpha value is -2.04. The Bertz CT molecular complexity index is 516. The molecule has 0 saturated carbocycles. The van der Waals surface area contributed by atoms with E-state index in [-0.39, 0.29) is 11.8 Å². The fraction of sp³-hybridized carbons (Fsp3) is 0.500. The number of carbonyl (C=O) groups is 2. The Morgan fingerprint density at radius 3 is 3.00 bits per heavy atom. The summed E-state index contributed by atoms with van der Waals surface area (Å²) in [4.78, 5) is 25.6. The van der Waals surface area contributed by atoms with Crippen LogP contribution in [0.5, 0.6) is 0 Å². The number of rotatable bonds is 6. The normalized spacial score (nSPS) is 18.0. The van der Waals surface area contributed by atoms with Crippen molar-refractivity contribution in [3.8, 4) is 0 Å². The Kier molecular flexibility index (Phi) is 5.20. The molecule has 0 spiro atoms. The number of nitrogens with one attached hydrogen (secondary N) is 1. The summed E-state index contributed by atoms with van der Waals surface area (Å²) in [7, 11) is 0. The monoisotopic (exact) mass is 289 g/mol. The van der Waals surface area contributed by atoms with Gasteiger partial charge in [-0.3, -0.25) is 9.59 Å². The van der Waals surface area contributed by atoms with Crippen LogP contribution in [0.2, 0.25) is 0 Å². The molecule has 5 nitrogen and oxygen atoms in total. The van der Waals surface area contributed by atoms with Crippen LogP contribution in [0, 0.1) is 5.92 Å². The number of nitrogen functional groups attached to an aromatic ring is 1. The summed E-state index contributed by atoms with van der Waals surface area (Å²) in [6.45, 7) is 3.41. The Labute approximate surface area is 125 Å². The number of hydrogen-bond acceptors (Lipinski definition) is 3. The molecule has 0 radical (unpaired) electrons. The van der Waals surface area contributed by atoms with Gasteiger partial charge in [-0.1, -0.05) is 19.4 Å². The van der Waals surface area contributed by atoms with Gasteiger partial charge >= 0.3 is 0 Å². The number of nitrogens with zero attached hydrogens (tertiary/aromatic N) is 1. The number of anilines is 2. The standard InChI is InChI=1S/C16H23N3O2/c1-2-4-12-9-16(21)19(11-12)8-7-15(20)18-14-6-3-5-13(17)10-14/h3,5-6,10,12H,2,4,7-9,11,17H2,1H3,(H,18,20). The van der Waals surface area contributed by atoms with E-state index in [0.717, 1.165) is 19.4 Å². The van der Waals surface area contributed by atoms with Crippen molar-refractivity contribution in [3.05, 3.63) is 24.3 Å². The number of carbonyl (C=O) groups excluding carboxylic acids is 2. The minimum absolute atomic E-state index is 0.0904. The lowest BCUT2D eigenvalue weighted by Crippen LogP contribution is -2.29. The minimum Gasteiger partial charge on any atom is -0.399 e. The van der Waals surface area contributed by atoms with Crippen molar-refractivity contribution < 1.29 is 9.59 Å². The molecule has 0 bridgehead atoms. The van der Waals surface area contributed by atoms with Gasteiger partial charge in [-0.2, -0.15) is 0 Å². The third kappa shape index (κ3) is 4.48. The number of hydrogen-bond donors (Lipinski definition) is 2. The number of likely N-dealkylation sites (tertiary alicyclic amines) is 1. The predicted octanol–water partition coefficient (Wildman–Crippen LogP) is 2.25. The molecule has 1 heterocycles. The van der Waals surface area contributed by atoms with Crippen LogP contribution in [0.3, 0.4) is 0 Å². The van der Waals surface area contributed by atoms with E-state index in [2.05, 4.69) is 12.2 Å². The molecule has 1 fully saturated rings. The molecule has 1 aromatic rings. The summed E-state index contributed by atoms with van der Waals surface area (Å²) in [5.74, 6) is 0.539. The zero-order chi connectivity index (χ0) is 15.2. The molecule has 1 aliphatic rings. The van der Waals surface area contributed by atoms with Gasteiger partial charge < -0.3 is 16.0 Å². The van der Waals surface area contributed by atoms with Gasteiger partial charge in [0.15, 0.2) is 0 Å². The van der Waals surface area contributed by atoms with Crippen LogP contribution in [-0.4, -0.2) is 29.8 Å². The van der Waals surface area contributed by atoms with Crippen molar-refractivity contribution in [1.29, 1.82) is 0 Å². The molecule has 3 N–H and O–H groups in total. The molecule has 0 aromatic heterocycles. The maximum Gasteiger partial charge on any atom is 0.226 e. The molecule has 1 aliphatic heterocycles. The van der Waals surface area contributed by atoms with Gasteiger partial charge in [0.1, 0.15) is 0 Å². The fourth-order valence-electron chi connectivity index (χ4n) is 2.75. The molecule has 2 rings (SSSR count). The van der Waals surface area contributed by atoms with Gasteiger partial charge in [-0.25, -0.2) is 0 Å². The van der Waals surface area contributed by atoms with Crippen LogP contribution in [-0.2, 0) is 9.59 Å². The number of benzene rings is 1. The molecule has 1 saturated heterocycles. The summed E-state index contributed by atoms with van der Waals surface area (Å²) in [5, 5.41) is 2.80. The molecule has 1 aromatic carbocycles. The first kappa shape index (κ1) is 15.4. The Morgan fingerprint density at radius 2 is 2.29 bits per heavy atom. The summed E-state index contributed by atoms with van der Waals surface area (Å²) < 4.78 is 0. The quantitative estimate of drug-likeness (QED) is 0.789. The lowest BCUT2D eigenvalue weighted by molar-refractivity contribution is -0.128. The Balaban J connectivity index is 1.78. The minimum atomic E-state index is -0.0904. The van der Waals surface area contributed by atoms with E-state index in [1.807, 2.05) is 0 Å². The molecule has 0 aliphatic carbocycles. The van der Waals surface area contributed by atoms with E-state index in [4.69, 9.17) is 5.73 Å².